The third-order valence-corrected chi connectivity index (χ3v) is 3.24. The van der Waals surface area contributed by atoms with Crippen LogP contribution in [-0.4, -0.2) is 36.2 Å². The van der Waals surface area contributed by atoms with E-state index in [1.807, 2.05) is 0 Å². The van der Waals surface area contributed by atoms with Crippen LogP contribution in [0.15, 0.2) is 0 Å². The van der Waals surface area contributed by atoms with E-state index in [1.165, 1.54) is 0 Å². The summed E-state index contributed by atoms with van der Waals surface area (Å²) < 4.78 is 0. The molecule has 0 bridgehead atoms. The van der Waals surface area contributed by atoms with Crippen molar-refractivity contribution in [2.24, 2.45) is 5.92 Å². The summed E-state index contributed by atoms with van der Waals surface area (Å²) in [4.78, 5) is 11.2. The van der Waals surface area contributed by atoms with Gasteiger partial charge in [0, 0.05) is 25.5 Å². The zero-order valence-corrected chi connectivity index (χ0v) is 7.68. The van der Waals surface area contributed by atoms with Crippen LogP contribution in [0.3, 0.4) is 0 Å². The van der Waals surface area contributed by atoms with E-state index in [2.05, 4.69) is 10.6 Å². The highest BCUT2D eigenvalue weighted by Gasteiger charge is 2.46. The van der Waals surface area contributed by atoms with E-state index in [0.29, 0.717) is 6.42 Å². The lowest BCUT2D eigenvalue weighted by Gasteiger charge is -2.38. The SMILES string of the molecule is O=C1CC(CO)C2(CCCNC2)N1. The molecule has 2 atom stereocenters. The standard InChI is InChI=1S/C9H16N2O2/c12-5-7-4-8(13)11-9(7)2-1-3-10-6-9/h7,10,12H,1-6H2,(H,11,13). The summed E-state index contributed by atoms with van der Waals surface area (Å²) in [6, 6.07) is 0. The van der Waals surface area contributed by atoms with Crippen molar-refractivity contribution in [3.8, 4) is 0 Å². The van der Waals surface area contributed by atoms with E-state index in [0.717, 1.165) is 25.9 Å². The van der Waals surface area contributed by atoms with Crippen LogP contribution in [-0.2, 0) is 4.79 Å². The molecule has 0 radical (unpaired) electrons. The molecule has 2 heterocycles. The number of hydrogen-bond donors (Lipinski definition) is 3. The van der Waals surface area contributed by atoms with Crippen LogP contribution in [0.4, 0.5) is 0 Å². The predicted octanol–water partition coefficient (Wildman–Crippen LogP) is -0.763. The highest BCUT2D eigenvalue weighted by atomic mass is 16.3. The van der Waals surface area contributed by atoms with Gasteiger partial charge in [0.05, 0.1) is 5.54 Å². The van der Waals surface area contributed by atoms with Gasteiger partial charge < -0.3 is 15.7 Å². The molecule has 13 heavy (non-hydrogen) atoms. The molecule has 4 heteroatoms. The van der Waals surface area contributed by atoms with Crippen molar-refractivity contribution in [3.05, 3.63) is 0 Å². The van der Waals surface area contributed by atoms with Crippen molar-refractivity contribution in [2.75, 3.05) is 19.7 Å². The highest BCUT2D eigenvalue weighted by Crippen LogP contribution is 2.32. The fourth-order valence-electron chi connectivity index (χ4n) is 2.47. The maximum absolute atomic E-state index is 11.2. The minimum absolute atomic E-state index is 0.0859. The van der Waals surface area contributed by atoms with Crippen LogP contribution in [0.1, 0.15) is 19.3 Å². The van der Waals surface area contributed by atoms with Crippen LogP contribution in [0.2, 0.25) is 0 Å². The van der Waals surface area contributed by atoms with Crippen molar-refractivity contribution >= 4 is 5.91 Å². The first kappa shape index (κ1) is 8.97. The molecule has 0 saturated carbocycles. The van der Waals surface area contributed by atoms with Gasteiger partial charge in [-0.3, -0.25) is 4.79 Å². The fraction of sp³-hybridized carbons (Fsp3) is 0.889. The van der Waals surface area contributed by atoms with Crippen molar-refractivity contribution in [1.82, 2.24) is 10.6 Å². The van der Waals surface area contributed by atoms with Gasteiger partial charge in [-0.25, -0.2) is 0 Å². The Morgan fingerprint density at radius 1 is 1.62 bits per heavy atom. The second-order valence-electron chi connectivity index (χ2n) is 4.07. The number of aliphatic hydroxyl groups is 1. The van der Waals surface area contributed by atoms with Gasteiger partial charge in [-0.05, 0) is 19.4 Å². The number of piperidine rings is 1. The maximum Gasteiger partial charge on any atom is 0.220 e. The Hall–Kier alpha value is -0.610. The van der Waals surface area contributed by atoms with Crippen LogP contribution >= 0.6 is 0 Å². The summed E-state index contributed by atoms with van der Waals surface area (Å²) >= 11 is 0. The lowest BCUT2D eigenvalue weighted by Crippen LogP contribution is -2.57. The molecule has 1 spiro atoms. The van der Waals surface area contributed by atoms with Crippen LogP contribution < -0.4 is 10.6 Å². The molecule has 1 amide bonds. The molecule has 2 aliphatic rings. The Morgan fingerprint density at radius 3 is 3.08 bits per heavy atom. The number of carbonyl (C=O) groups is 1. The normalized spacial score (nSPS) is 39.5. The molecule has 0 aromatic heterocycles. The number of amides is 1. The average molecular weight is 184 g/mol. The molecule has 4 nitrogen and oxygen atoms in total. The Bertz CT molecular complexity index is 212. The molecule has 2 saturated heterocycles. The average Bonchev–Trinajstić information content (AvgIpc) is 2.43. The smallest absolute Gasteiger partial charge is 0.220 e. The third kappa shape index (κ3) is 1.44. The number of rotatable bonds is 1. The van der Waals surface area contributed by atoms with E-state index in [9.17, 15) is 9.90 Å². The Labute approximate surface area is 77.7 Å². The second-order valence-corrected chi connectivity index (χ2v) is 4.07. The molecule has 2 unspecified atom stereocenters. The van der Waals surface area contributed by atoms with E-state index in [1.54, 1.807) is 0 Å². The first-order valence-electron chi connectivity index (χ1n) is 4.89. The Balaban J connectivity index is 2.13. The first-order valence-corrected chi connectivity index (χ1v) is 4.89. The molecule has 3 N–H and O–H groups in total. The lowest BCUT2D eigenvalue weighted by atomic mass is 9.80. The van der Waals surface area contributed by atoms with E-state index in [-0.39, 0.29) is 24.0 Å². The van der Waals surface area contributed by atoms with Gasteiger partial charge in [-0.1, -0.05) is 0 Å². The second kappa shape index (κ2) is 3.27. The van der Waals surface area contributed by atoms with Gasteiger partial charge in [0.1, 0.15) is 0 Å². The Morgan fingerprint density at radius 2 is 2.46 bits per heavy atom. The number of nitrogens with one attached hydrogen (secondary N) is 2. The minimum Gasteiger partial charge on any atom is -0.396 e. The van der Waals surface area contributed by atoms with Crippen LogP contribution in [0.25, 0.3) is 0 Å². The number of hydrogen-bond acceptors (Lipinski definition) is 3. The van der Waals surface area contributed by atoms with Crippen molar-refractivity contribution in [2.45, 2.75) is 24.8 Å². The molecular weight excluding hydrogens is 168 g/mol. The fourth-order valence-corrected chi connectivity index (χ4v) is 2.47. The third-order valence-electron chi connectivity index (χ3n) is 3.24. The van der Waals surface area contributed by atoms with Gasteiger partial charge in [0.15, 0.2) is 0 Å². The summed E-state index contributed by atoms with van der Waals surface area (Å²) in [7, 11) is 0. The minimum atomic E-state index is -0.149. The molecule has 2 rings (SSSR count). The zero-order valence-electron chi connectivity index (χ0n) is 7.68. The van der Waals surface area contributed by atoms with Crippen molar-refractivity contribution in [1.29, 1.82) is 0 Å². The molecular formula is C9H16N2O2. The first-order chi connectivity index (χ1) is 6.27. The maximum atomic E-state index is 11.2. The number of carbonyl (C=O) groups excluding carboxylic acids is 1. The highest BCUT2D eigenvalue weighted by molar-refractivity contribution is 5.80. The molecule has 0 aliphatic carbocycles. The zero-order chi connectivity index (χ0) is 9.31. The van der Waals surface area contributed by atoms with Crippen molar-refractivity contribution < 1.29 is 9.90 Å². The number of aliphatic hydroxyl groups excluding tert-OH is 1. The quantitative estimate of drug-likeness (QED) is 0.502. The van der Waals surface area contributed by atoms with Crippen LogP contribution in [0, 0.1) is 5.92 Å². The lowest BCUT2D eigenvalue weighted by molar-refractivity contribution is -0.120. The van der Waals surface area contributed by atoms with E-state index < -0.39 is 0 Å². The van der Waals surface area contributed by atoms with Gasteiger partial charge in [-0.15, -0.1) is 0 Å². The van der Waals surface area contributed by atoms with Gasteiger partial charge in [0.2, 0.25) is 5.91 Å². The molecule has 2 fully saturated rings. The topological polar surface area (TPSA) is 61.4 Å². The molecule has 0 aromatic carbocycles. The van der Waals surface area contributed by atoms with Crippen LogP contribution in [0.5, 0.6) is 0 Å². The van der Waals surface area contributed by atoms with E-state index in [4.69, 9.17) is 0 Å². The summed E-state index contributed by atoms with van der Waals surface area (Å²) in [6.07, 6.45) is 2.56. The summed E-state index contributed by atoms with van der Waals surface area (Å²) in [5.74, 6) is 0.190. The molecule has 0 aromatic rings. The van der Waals surface area contributed by atoms with E-state index >= 15 is 0 Å². The molecule has 2 aliphatic heterocycles. The summed E-state index contributed by atoms with van der Waals surface area (Å²) in [6.45, 7) is 1.94. The van der Waals surface area contributed by atoms with Crippen molar-refractivity contribution in [3.63, 3.8) is 0 Å². The Kier molecular flexibility index (Phi) is 2.26. The summed E-state index contributed by atoms with van der Waals surface area (Å²) in [5, 5.41) is 15.5. The van der Waals surface area contributed by atoms with Gasteiger partial charge >= 0.3 is 0 Å². The largest absolute Gasteiger partial charge is 0.396 e. The monoisotopic (exact) mass is 184 g/mol. The molecule has 74 valence electrons. The van der Waals surface area contributed by atoms with Gasteiger partial charge in [0.25, 0.3) is 0 Å². The predicted molar refractivity (Wildman–Crippen MR) is 48.2 cm³/mol. The summed E-state index contributed by atoms with van der Waals surface area (Å²) in [5.41, 5.74) is -0.149. The van der Waals surface area contributed by atoms with Gasteiger partial charge in [-0.2, -0.15) is 0 Å².